The molecule has 10 nitrogen and oxygen atoms in total. The summed E-state index contributed by atoms with van der Waals surface area (Å²) in [4.78, 5) is 49.8. The Morgan fingerprint density at radius 3 is 2.11 bits per heavy atom. The first kappa shape index (κ1) is 26.6. The standard InChI is InChI=1S/C25H34N2O8/c1-12(28)20(24(32)33)26-18-11-19(30)22(27-21(13(2)29)25(34)35)17(23(18)31)10-15-8-5-7-14-6-3-4-9-16(14)15/h10-14,16,20-21,26-29H,3-9H2,1-2H3,(H,32,33)(H,34,35)/b15-10+/t12-,13-,14?,16?,20+,21+/m0/s1. The van der Waals surface area contributed by atoms with Crippen LogP contribution in [-0.4, -0.2) is 68.2 Å². The number of nitrogens with one attached hydrogen (secondary N) is 2. The Balaban J connectivity index is 2.05. The molecule has 10 heteroatoms. The lowest BCUT2D eigenvalue weighted by molar-refractivity contribution is -0.143. The molecule has 6 N–H and O–H groups in total. The monoisotopic (exact) mass is 490 g/mol. The number of aliphatic carboxylic acids is 2. The maximum absolute atomic E-state index is 13.5. The van der Waals surface area contributed by atoms with E-state index in [4.69, 9.17) is 0 Å². The van der Waals surface area contributed by atoms with Gasteiger partial charge in [-0.3, -0.25) is 9.59 Å². The second kappa shape index (κ2) is 11.2. The van der Waals surface area contributed by atoms with E-state index in [1.165, 1.54) is 13.8 Å². The Bertz CT molecular complexity index is 976. The van der Waals surface area contributed by atoms with Gasteiger partial charge in [0, 0.05) is 6.08 Å². The molecule has 2 unspecified atom stereocenters. The predicted molar refractivity (Wildman–Crippen MR) is 125 cm³/mol. The molecule has 0 spiro atoms. The fraction of sp³-hybridized carbons (Fsp3) is 0.600. The lowest BCUT2D eigenvalue weighted by atomic mass is 9.68. The molecule has 0 saturated heterocycles. The normalized spacial score (nSPS) is 27.4. The van der Waals surface area contributed by atoms with Gasteiger partial charge in [-0.25, -0.2) is 9.59 Å². The topological polar surface area (TPSA) is 173 Å². The van der Waals surface area contributed by atoms with Gasteiger partial charge in [0.25, 0.3) is 0 Å². The first-order valence-corrected chi connectivity index (χ1v) is 12.1. The van der Waals surface area contributed by atoms with Crippen LogP contribution in [0.5, 0.6) is 0 Å². The summed E-state index contributed by atoms with van der Waals surface area (Å²) in [6.45, 7) is 2.51. The van der Waals surface area contributed by atoms with Crippen LogP contribution in [0.25, 0.3) is 0 Å². The van der Waals surface area contributed by atoms with Gasteiger partial charge in [0.1, 0.15) is 0 Å². The van der Waals surface area contributed by atoms with Crippen molar-refractivity contribution in [2.45, 2.75) is 83.1 Å². The third-order valence-electron chi connectivity index (χ3n) is 7.14. The molecule has 192 valence electrons. The third-order valence-corrected chi connectivity index (χ3v) is 7.14. The maximum atomic E-state index is 13.5. The van der Waals surface area contributed by atoms with Crippen molar-refractivity contribution in [3.8, 4) is 0 Å². The lowest BCUT2D eigenvalue weighted by Gasteiger charge is -2.38. The van der Waals surface area contributed by atoms with Gasteiger partial charge >= 0.3 is 11.9 Å². The highest BCUT2D eigenvalue weighted by Crippen LogP contribution is 2.44. The summed E-state index contributed by atoms with van der Waals surface area (Å²) in [6, 6.07) is -3.06. The van der Waals surface area contributed by atoms with E-state index >= 15 is 0 Å². The summed E-state index contributed by atoms with van der Waals surface area (Å²) in [6.07, 6.45) is 6.94. The highest BCUT2D eigenvalue weighted by Gasteiger charge is 2.37. The van der Waals surface area contributed by atoms with E-state index in [2.05, 4.69) is 10.6 Å². The van der Waals surface area contributed by atoms with Crippen LogP contribution in [0.2, 0.25) is 0 Å². The van der Waals surface area contributed by atoms with Crippen molar-refractivity contribution in [2.75, 3.05) is 0 Å². The van der Waals surface area contributed by atoms with Gasteiger partial charge in [-0.05, 0) is 63.9 Å². The first-order chi connectivity index (χ1) is 16.5. The molecule has 2 saturated carbocycles. The Kier molecular flexibility index (Phi) is 8.50. The molecule has 0 bridgehead atoms. The predicted octanol–water partition coefficient (Wildman–Crippen LogP) is 1.04. The third kappa shape index (κ3) is 5.99. The minimum atomic E-state index is -1.53. The van der Waals surface area contributed by atoms with Crippen LogP contribution in [0.3, 0.4) is 0 Å². The van der Waals surface area contributed by atoms with Gasteiger partial charge in [-0.15, -0.1) is 0 Å². The number of rotatable bonds is 9. The van der Waals surface area contributed by atoms with Gasteiger partial charge in [0.05, 0.1) is 29.2 Å². The molecule has 2 fully saturated rings. The van der Waals surface area contributed by atoms with Crippen molar-refractivity contribution in [1.82, 2.24) is 10.6 Å². The molecule has 0 aromatic rings. The highest BCUT2D eigenvalue weighted by atomic mass is 16.4. The number of aliphatic hydroxyl groups excluding tert-OH is 2. The van der Waals surface area contributed by atoms with Crippen molar-refractivity contribution < 1.29 is 39.6 Å². The molecule has 3 rings (SSSR count). The number of carbonyl (C=O) groups is 4. The Morgan fingerprint density at radius 2 is 1.51 bits per heavy atom. The van der Waals surface area contributed by atoms with Crippen molar-refractivity contribution in [2.24, 2.45) is 11.8 Å². The SMILES string of the molecule is C[C@H](O)[C@@H](NC1=CC(=O)C(N[C@@H](C(=O)O)[C@H](C)O)=C(/C=C2\CCCC3CCCCC23)C1=O)C(=O)O. The number of allylic oxidation sites excluding steroid dienone is 4. The minimum Gasteiger partial charge on any atom is -0.480 e. The van der Waals surface area contributed by atoms with E-state index in [-0.39, 0.29) is 22.9 Å². The zero-order valence-electron chi connectivity index (χ0n) is 20.0. The molecule has 0 aromatic heterocycles. The fourth-order valence-corrected chi connectivity index (χ4v) is 5.31. The van der Waals surface area contributed by atoms with Crippen LogP contribution in [0.1, 0.15) is 58.8 Å². The summed E-state index contributed by atoms with van der Waals surface area (Å²) in [7, 11) is 0. The number of aliphatic hydroxyl groups is 2. The van der Waals surface area contributed by atoms with E-state index in [0.29, 0.717) is 5.92 Å². The number of ketones is 2. The quantitative estimate of drug-likeness (QED) is 0.256. The Labute approximate surface area is 203 Å². The lowest BCUT2D eigenvalue weighted by Crippen LogP contribution is -2.49. The number of hydrogen-bond donors (Lipinski definition) is 6. The second-order valence-corrected chi connectivity index (χ2v) is 9.70. The molecule has 3 aliphatic carbocycles. The van der Waals surface area contributed by atoms with Gasteiger partial charge in [0.15, 0.2) is 12.1 Å². The molecular weight excluding hydrogens is 456 g/mol. The summed E-state index contributed by atoms with van der Waals surface area (Å²) in [5.74, 6) is -3.42. The molecule has 0 radical (unpaired) electrons. The van der Waals surface area contributed by atoms with E-state index < -0.39 is 47.8 Å². The van der Waals surface area contributed by atoms with Crippen LogP contribution < -0.4 is 10.6 Å². The zero-order chi connectivity index (χ0) is 25.9. The van der Waals surface area contributed by atoms with Crippen LogP contribution >= 0.6 is 0 Å². The second-order valence-electron chi connectivity index (χ2n) is 9.70. The molecule has 0 aliphatic heterocycles. The summed E-state index contributed by atoms with van der Waals surface area (Å²) in [5.41, 5.74) is 0.415. The number of carboxylic acids is 2. The number of hydrogen-bond acceptors (Lipinski definition) is 8. The molecular formula is C25H34N2O8. The number of carbonyl (C=O) groups excluding carboxylic acids is 2. The van der Waals surface area contributed by atoms with Crippen LogP contribution in [0.4, 0.5) is 0 Å². The average Bonchev–Trinajstić information content (AvgIpc) is 2.79. The maximum Gasteiger partial charge on any atom is 0.328 e. The molecule has 0 heterocycles. The van der Waals surface area contributed by atoms with Crippen molar-refractivity contribution in [3.05, 3.63) is 34.7 Å². The summed E-state index contributed by atoms with van der Waals surface area (Å²) >= 11 is 0. The van der Waals surface area contributed by atoms with E-state index in [9.17, 15) is 39.6 Å². The van der Waals surface area contributed by atoms with Crippen LogP contribution in [0, 0.1) is 11.8 Å². The van der Waals surface area contributed by atoms with E-state index in [1.807, 2.05) is 0 Å². The summed E-state index contributed by atoms with van der Waals surface area (Å²) in [5, 5.41) is 43.7. The molecule has 35 heavy (non-hydrogen) atoms. The van der Waals surface area contributed by atoms with Crippen molar-refractivity contribution >= 4 is 23.5 Å². The average molecular weight is 491 g/mol. The number of carboxylic acid groups (broad SMARTS) is 2. The summed E-state index contributed by atoms with van der Waals surface area (Å²) < 4.78 is 0. The van der Waals surface area contributed by atoms with Gasteiger partial charge in [-0.2, -0.15) is 0 Å². The van der Waals surface area contributed by atoms with Gasteiger partial charge < -0.3 is 31.1 Å². The smallest absolute Gasteiger partial charge is 0.328 e. The first-order valence-electron chi connectivity index (χ1n) is 12.1. The van der Waals surface area contributed by atoms with E-state index in [1.54, 1.807) is 6.08 Å². The van der Waals surface area contributed by atoms with Gasteiger partial charge in [-0.1, -0.05) is 18.4 Å². The Hall–Kier alpha value is -2.98. The largest absolute Gasteiger partial charge is 0.480 e. The van der Waals surface area contributed by atoms with E-state index in [0.717, 1.165) is 56.6 Å². The molecule has 3 aliphatic rings. The van der Waals surface area contributed by atoms with Crippen molar-refractivity contribution in [1.29, 1.82) is 0 Å². The molecule has 6 atom stereocenters. The van der Waals surface area contributed by atoms with Crippen LogP contribution in [0.15, 0.2) is 34.7 Å². The number of Topliss-reactive ketones (excluding diaryl/α,β-unsaturated/α-hetero) is 1. The number of fused-ring (bicyclic) bond motifs is 1. The fourth-order valence-electron chi connectivity index (χ4n) is 5.31. The Morgan fingerprint density at radius 1 is 0.943 bits per heavy atom. The molecule has 0 aromatic carbocycles. The molecule has 0 amide bonds. The van der Waals surface area contributed by atoms with Crippen molar-refractivity contribution in [3.63, 3.8) is 0 Å². The van der Waals surface area contributed by atoms with Crippen LogP contribution in [-0.2, 0) is 19.2 Å². The zero-order valence-corrected chi connectivity index (χ0v) is 20.0. The minimum absolute atomic E-state index is 0.0668. The van der Waals surface area contributed by atoms with Gasteiger partial charge in [0.2, 0.25) is 11.6 Å². The highest BCUT2D eigenvalue weighted by molar-refractivity contribution is 6.23.